The van der Waals surface area contributed by atoms with Crippen molar-refractivity contribution in [3.63, 3.8) is 0 Å². The lowest BCUT2D eigenvalue weighted by Gasteiger charge is -2.13. The van der Waals surface area contributed by atoms with Crippen molar-refractivity contribution < 1.29 is 14.3 Å². The third kappa shape index (κ3) is 4.30. The number of Topliss-reactive ketones (excluding diaryl/α,β-unsaturated/α-hetero) is 1. The quantitative estimate of drug-likeness (QED) is 0.748. The Hall–Kier alpha value is -1.46. The van der Waals surface area contributed by atoms with Crippen LogP contribution in [0.2, 0.25) is 0 Å². The summed E-state index contributed by atoms with van der Waals surface area (Å²) in [5.74, 6) is 2.03. The van der Waals surface area contributed by atoms with Crippen LogP contribution in [0.1, 0.15) is 41.4 Å². The molecule has 0 radical (unpaired) electrons. The maximum atomic E-state index is 12.7. The minimum atomic E-state index is -0.110. The number of thioether (sulfide) groups is 1. The number of carbonyl (C=O) groups excluding carboxylic acids is 1. The van der Waals surface area contributed by atoms with Crippen LogP contribution < -0.4 is 0 Å². The largest absolute Gasteiger partial charge is 0.467 e. The number of hydrogen-bond donors (Lipinski definition) is 1. The molecule has 0 amide bonds. The monoisotopic (exact) mass is 335 g/mol. The van der Waals surface area contributed by atoms with Gasteiger partial charge in [-0.3, -0.25) is 4.79 Å². The molecule has 2 unspecified atom stereocenters. The smallest absolute Gasteiger partial charge is 0.177 e. The highest BCUT2D eigenvalue weighted by Crippen LogP contribution is 2.24. The topological polar surface area (TPSA) is 55.4 Å². The molecule has 0 aromatic carbocycles. The van der Waals surface area contributed by atoms with Gasteiger partial charge in [0.25, 0.3) is 0 Å². The van der Waals surface area contributed by atoms with E-state index in [1.54, 1.807) is 18.0 Å². The number of aryl methyl sites for hydroxylation is 1. The molecule has 0 aliphatic rings. The van der Waals surface area contributed by atoms with Crippen molar-refractivity contribution in [1.82, 2.24) is 4.57 Å². The van der Waals surface area contributed by atoms with Gasteiger partial charge in [0.15, 0.2) is 5.78 Å². The zero-order valence-electron chi connectivity index (χ0n) is 14.2. The molecule has 0 fully saturated rings. The number of furan rings is 1. The van der Waals surface area contributed by atoms with Crippen LogP contribution in [0.15, 0.2) is 28.9 Å². The van der Waals surface area contributed by atoms with Gasteiger partial charge in [-0.25, -0.2) is 0 Å². The average Bonchev–Trinajstić information content (AvgIpc) is 3.15. The lowest BCUT2D eigenvalue weighted by atomic mass is 10.1. The summed E-state index contributed by atoms with van der Waals surface area (Å²) >= 11 is 1.60. The molecule has 2 rings (SSSR count). The molecule has 2 aromatic heterocycles. The van der Waals surface area contributed by atoms with Crippen LogP contribution >= 0.6 is 11.8 Å². The van der Waals surface area contributed by atoms with Crippen molar-refractivity contribution in [2.75, 3.05) is 12.4 Å². The van der Waals surface area contributed by atoms with Crippen molar-refractivity contribution in [3.05, 3.63) is 47.2 Å². The zero-order chi connectivity index (χ0) is 17.0. The van der Waals surface area contributed by atoms with Crippen molar-refractivity contribution in [2.45, 2.75) is 39.5 Å². The normalized spacial score (nSPS) is 14.0. The second-order valence-corrected chi connectivity index (χ2v) is 7.45. The Morgan fingerprint density at radius 1 is 1.39 bits per heavy atom. The molecule has 0 bridgehead atoms. The zero-order valence-corrected chi connectivity index (χ0v) is 15.0. The summed E-state index contributed by atoms with van der Waals surface area (Å²) in [6, 6.07) is 5.78. The Balaban J connectivity index is 2.12. The molecule has 0 saturated heterocycles. The van der Waals surface area contributed by atoms with Gasteiger partial charge < -0.3 is 14.1 Å². The summed E-state index contributed by atoms with van der Waals surface area (Å²) in [6.45, 7) is 8.72. The predicted molar refractivity (Wildman–Crippen MR) is 94.2 cm³/mol. The number of aromatic nitrogens is 1. The molecule has 1 N–H and O–H groups in total. The first kappa shape index (κ1) is 17.9. The van der Waals surface area contributed by atoms with E-state index in [1.807, 2.05) is 45.9 Å². The molecule has 0 saturated carbocycles. The molecular formula is C18H25NO3S. The molecule has 0 spiro atoms. The first-order valence-electron chi connectivity index (χ1n) is 7.89. The van der Waals surface area contributed by atoms with Gasteiger partial charge in [0.1, 0.15) is 5.76 Å². The molecule has 126 valence electrons. The number of nitrogens with zero attached hydrogens (tertiary/aromatic N) is 1. The molecule has 2 aromatic rings. The number of rotatable bonds is 8. The van der Waals surface area contributed by atoms with Gasteiger partial charge in [-0.15, -0.1) is 0 Å². The third-order valence-corrected chi connectivity index (χ3v) is 5.52. The summed E-state index contributed by atoms with van der Waals surface area (Å²) in [5, 5.41) is 8.99. The second-order valence-electron chi connectivity index (χ2n) is 6.08. The Morgan fingerprint density at radius 2 is 2.13 bits per heavy atom. The Morgan fingerprint density at radius 3 is 2.74 bits per heavy atom. The van der Waals surface area contributed by atoms with E-state index < -0.39 is 0 Å². The number of hydrogen-bond acceptors (Lipinski definition) is 4. The van der Waals surface area contributed by atoms with Crippen LogP contribution in [0.5, 0.6) is 0 Å². The van der Waals surface area contributed by atoms with Crippen LogP contribution in [0.4, 0.5) is 0 Å². The number of aliphatic hydroxyl groups is 1. The summed E-state index contributed by atoms with van der Waals surface area (Å²) < 4.78 is 7.52. The Bertz CT molecular complexity index is 646. The van der Waals surface area contributed by atoms with Crippen LogP contribution in [-0.4, -0.2) is 33.1 Å². The fourth-order valence-electron chi connectivity index (χ4n) is 2.51. The van der Waals surface area contributed by atoms with Crippen molar-refractivity contribution >= 4 is 17.5 Å². The minimum Gasteiger partial charge on any atom is -0.467 e. The highest BCUT2D eigenvalue weighted by molar-refractivity contribution is 8.00. The summed E-state index contributed by atoms with van der Waals surface area (Å²) in [4.78, 5) is 12.7. The number of aliphatic hydroxyl groups excluding tert-OH is 1. The highest BCUT2D eigenvalue weighted by Gasteiger charge is 2.22. The van der Waals surface area contributed by atoms with Gasteiger partial charge >= 0.3 is 0 Å². The van der Waals surface area contributed by atoms with E-state index in [4.69, 9.17) is 9.52 Å². The van der Waals surface area contributed by atoms with Crippen LogP contribution in [0.25, 0.3) is 0 Å². The fraction of sp³-hybridized carbons (Fsp3) is 0.500. The van der Waals surface area contributed by atoms with Gasteiger partial charge in [0.2, 0.25) is 0 Å². The minimum absolute atomic E-state index is 0.110. The maximum Gasteiger partial charge on any atom is 0.177 e. The standard InChI is InChI=1S/C18H25NO3S/c1-12(10-20)11-23-15(4)18(21)17-8-13(2)19(14(17)3)9-16-6-5-7-22-16/h5-8,12,15,20H,9-11H2,1-4H3. The van der Waals surface area contributed by atoms with Crippen molar-refractivity contribution in [2.24, 2.45) is 5.92 Å². The fourth-order valence-corrected chi connectivity index (χ4v) is 3.51. The lowest BCUT2D eigenvalue weighted by molar-refractivity contribution is 0.0993. The van der Waals surface area contributed by atoms with E-state index in [2.05, 4.69) is 4.57 Å². The number of carbonyl (C=O) groups is 1. The summed E-state index contributed by atoms with van der Waals surface area (Å²) in [5.41, 5.74) is 2.82. The average molecular weight is 335 g/mol. The van der Waals surface area contributed by atoms with Crippen LogP contribution in [0, 0.1) is 19.8 Å². The van der Waals surface area contributed by atoms with Crippen molar-refractivity contribution in [1.29, 1.82) is 0 Å². The molecule has 5 heteroatoms. The summed E-state index contributed by atoms with van der Waals surface area (Å²) in [6.07, 6.45) is 1.66. The molecule has 4 nitrogen and oxygen atoms in total. The lowest BCUT2D eigenvalue weighted by Crippen LogP contribution is -2.17. The van der Waals surface area contributed by atoms with Gasteiger partial charge in [-0.2, -0.15) is 11.8 Å². The molecule has 2 atom stereocenters. The van der Waals surface area contributed by atoms with E-state index >= 15 is 0 Å². The van der Waals surface area contributed by atoms with E-state index in [0.717, 1.165) is 28.5 Å². The first-order valence-corrected chi connectivity index (χ1v) is 8.94. The van der Waals surface area contributed by atoms with Crippen LogP contribution in [0.3, 0.4) is 0 Å². The predicted octanol–water partition coefficient (Wildman–Crippen LogP) is 3.68. The van der Waals surface area contributed by atoms with Gasteiger partial charge in [0.05, 0.1) is 18.1 Å². The Labute approximate surface area is 141 Å². The molecule has 2 heterocycles. The van der Waals surface area contributed by atoms with E-state index in [1.165, 1.54) is 0 Å². The third-order valence-electron chi connectivity index (χ3n) is 4.04. The number of ketones is 1. The van der Waals surface area contributed by atoms with E-state index in [-0.39, 0.29) is 23.6 Å². The molecule has 0 aliphatic heterocycles. The van der Waals surface area contributed by atoms with Gasteiger partial charge in [0, 0.05) is 23.6 Å². The van der Waals surface area contributed by atoms with Gasteiger partial charge in [-0.05, 0) is 50.6 Å². The van der Waals surface area contributed by atoms with E-state index in [0.29, 0.717) is 6.54 Å². The Kier molecular flexibility index (Phi) is 6.13. The molecule has 0 aliphatic carbocycles. The summed E-state index contributed by atoms with van der Waals surface area (Å²) in [7, 11) is 0. The van der Waals surface area contributed by atoms with Crippen LogP contribution in [-0.2, 0) is 6.54 Å². The molecule has 23 heavy (non-hydrogen) atoms. The second kappa shape index (κ2) is 7.88. The van der Waals surface area contributed by atoms with E-state index in [9.17, 15) is 4.79 Å². The SMILES string of the molecule is Cc1cc(C(=O)C(C)SCC(C)CO)c(C)n1Cc1ccco1. The highest BCUT2D eigenvalue weighted by atomic mass is 32.2. The molecular weight excluding hydrogens is 310 g/mol. The van der Waals surface area contributed by atoms with Crippen molar-refractivity contribution in [3.8, 4) is 0 Å². The first-order chi connectivity index (χ1) is 10.9. The maximum absolute atomic E-state index is 12.7. The van der Waals surface area contributed by atoms with Gasteiger partial charge in [-0.1, -0.05) is 6.92 Å².